The number of nitrogens with zero attached hydrogens (tertiary/aromatic N) is 2. The van der Waals surface area contributed by atoms with E-state index < -0.39 is 0 Å². The summed E-state index contributed by atoms with van der Waals surface area (Å²) in [7, 11) is 3.62. The fourth-order valence-electron chi connectivity index (χ4n) is 2.59. The molecule has 5 nitrogen and oxygen atoms in total. The Morgan fingerprint density at radius 1 is 1.41 bits per heavy atom. The first kappa shape index (κ1) is 16.3. The molecular weight excluding hydrogens is 278 g/mol. The first-order valence-corrected chi connectivity index (χ1v) is 7.90. The normalized spacial score (nSPS) is 10.9. The number of carbonyl (C=O) groups is 1. The Labute approximate surface area is 131 Å². The third-order valence-corrected chi connectivity index (χ3v) is 3.83. The van der Waals surface area contributed by atoms with Crippen LogP contribution in [-0.2, 0) is 18.3 Å². The van der Waals surface area contributed by atoms with Crippen LogP contribution in [0.1, 0.15) is 38.2 Å². The van der Waals surface area contributed by atoms with E-state index in [9.17, 15) is 4.79 Å². The summed E-state index contributed by atoms with van der Waals surface area (Å²) in [6.07, 6.45) is 8.43. The number of rotatable bonds is 8. The molecule has 120 valence electrons. The van der Waals surface area contributed by atoms with Crippen LogP contribution < -0.4 is 10.1 Å². The van der Waals surface area contributed by atoms with Gasteiger partial charge in [-0.15, -0.1) is 0 Å². The molecule has 2 aromatic heterocycles. The number of aromatic nitrogens is 2. The molecular formula is C17H25N3O2. The van der Waals surface area contributed by atoms with Crippen LogP contribution in [-0.4, -0.2) is 29.1 Å². The molecule has 0 aromatic carbocycles. The number of carbonyl (C=O) groups excluding carboxylic acids is 1. The number of unbranched alkanes of at least 4 members (excludes halogenated alkanes) is 2. The summed E-state index contributed by atoms with van der Waals surface area (Å²) in [5.74, 6) is 0.896. The Bertz CT molecular complexity index is 634. The van der Waals surface area contributed by atoms with Gasteiger partial charge < -0.3 is 14.6 Å². The van der Waals surface area contributed by atoms with Gasteiger partial charge in [-0.3, -0.25) is 4.79 Å². The van der Waals surface area contributed by atoms with Crippen molar-refractivity contribution in [3.8, 4) is 5.75 Å². The summed E-state index contributed by atoms with van der Waals surface area (Å²) < 4.78 is 7.25. The van der Waals surface area contributed by atoms with E-state index in [1.54, 1.807) is 13.3 Å². The molecule has 0 saturated carbocycles. The average molecular weight is 303 g/mol. The van der Waals surface area contributed by atoms with Crippen LogP contribution in [0.4, 0.5) is 0 Å². The predicted molar refractivity (Wildman–Crippen MR) is 88.1 cm³/mol. The highest BCUT2D eigenvalue weighted by Crippen LogP contribution is 2.23. The number of ether oxygens (including phenoxy) is 1. The maximum absolute atomic E-state index is 11.7. The van der Waals surface area contributed by atoms with Crippen LogP contribution in [0.2, 0.25) is 0 Å². The molecule has 0 radical (unpaired) electrons. The first-order valence-electron chi connectivity index (χ1n) is 7.90. The van der Waals surface area contributed by atoms with Crippen LogP contribution in [0.3, 0.4) is 0 Å². The summed E-state index contributed by atoms with van der Waals surface area (Å²) in [4.78, 5) is 16.1. The molecule has 2 rings (SSSR count). The lowest BCUT2D eigenvalue weighted by Gasteiger charge is -2.05. The maximum Gasteiger partial charge on any atom is 0.220 e. The van der Waals surface area contributed by atoms with Gasteiger partial charge in [0, 0.05) is 31.6 Å². The number of aryl methyl sites for hydroxylation is 1. The molecule has 2 heterocycles. The molecule has 0 bridgehead atoms. The van der Waals surface area contributed by atoms with E-state index in [-0.39, 0.29) is 5.91 Å². The Morgan fingerprint density at radius 2 is 2.23 bits per heavy atom. The lowest BCUT2D eigenvalue weighted by molar-refractivity contribution is -0.121. The van der Waals surface area contributed by atoms with E-state index in [2.05, 4.69) is 23.4 Å². The molecule has 22 heavy (non-hydrogen) atoms. The van der Waals surface area contributed by atoms with Crippen molar-refractivity contribution >= 4 is 16.9 Å². The molecule has 0 fully saturated rings. The minimum atomic E-state index is 0.143. The van der Waals surface area contributed by atoms with Gasteiger partial charge in [0.2, 0.25) is 5.91 Å². The highest BCUT2D eigenvalue weighted by molar-refractivity contribution is 5.82. The Morgan fingerprint density at radius 3 is 2.95 bits per heavy atom. The van der Waals surface area contributed by atoms with Crippen molar-refractivity contribution in [2.24, 2.45) is 7.05 Å². The van der Waals surface area contributed by atoms with Gasteiger partial charge in [0.05, 0.1) is 13.3 Å². The molecule has 5 heteroatoms. The van der Waals surface area contributed by atoms with Crippen molar-refractivity contribution in [2.75, 3.05) is 13.7 Å². The number of pyridine rings is 1. The van der Waals surface area contributed by atoms with Crippen molar-refractivity contribution in [1.82, 2.24) is 14.9 Å². The van der Waals surface area contributed by atoms with E-state index in [1.807, 2.05) is 17.7 Å². The van der Waals surface area contributed by atoms with Crippen LogP contribution in [0.5, 0.6) is 5.75 Å². The molecule has 0 unspecified atom stereocenters. The van der Waals surface area contributed by atoms with Gasteiger partial charge in [-0.05, 0) is 24.5 Å². The second-order valence-electron chi connectivity index (χ2n) is 5.57. The standard InChI is InChI=1S/C17H25N3O2/c1-4-5-6-7-16(21)18-9-8-13-12-20(2)17-15(13)10-14(22-3)11-19-17/h10-12H,4-9H2,1-3H3,(H,18,21). The minimum absolute atomic E-state index is 0.143. The highest BCUT2D eigenvalue weighted by atomic mass is 16.5. The lowest BCUT2D eigenvalue weighted by Crippen LogP contribution is -2.25. The summed E-state index contributed by atoms with van der Waals surface area (Å²) in [5.41, 5.74) is 2.11. The van der Waals surface area contributed by atoms with Crippen LogP contribution in [0.15, 0.2) is 18.5 Å². The van der Waals surface area contributed by atoms with E-state index in [4.69, 9.17) is 4.74 Å². The maximum atomic E-state index is 11.7. The zero-order chi connectivity index (χ0) is 15.9. The molecule has 0 aliphatic rings. The molecule has 2 aromatic rings. The van der Waals surface area contributed by atoms with Crippen molar-refractivity contribution in [3.05, 3.63) is 24.0 Å². The van der Waals surface area contributed by atoms with Crippen molar-refractivity contribution in [1.29, 1.82) is 0 Å². The van der Waals surface area contributed by atoms with Crippen molar-refractivity contribution < 1.29 is 9.53 Å². The molecule has 0 aliphatic carbocycles. The molecule has 0 aliphatic heterocycles. The Hall–Kier alpha value is -2.04. The van der Waals surface area contributed by atoms with Crippen LogP contribution in [0.25, 0.3) is 11.0 Å². The quantitative estimate of drug-likeness (QED) is 0.763. The zero-order valence-electron chi connectivity index (χ0n) is 13.7. The van der Waals surface area contributed by atoms with Crippen molar-refractivity contribution in [2.45, 2.75) is 39.0 Å². The highest BCUT2D eigenvalue weighted by Gasteiger charge is 2.09. The Balaban J connectivity index is 1.95. The topological polar surface area (TPSA) is 56.2 Å². The van der Waals surface area contributed by atoms with Gasteiger partial charge in [0.25, 0.3) is 0 Å². The second-order valence-corrected chi connectivity index (χ2v) is 5.57. The summed E-state index contributed by atoms with van der Waals surface area (Å²) in [6, 6.07) is 2.00. The van der Waals surface area contributed by atoms with Gasteiger partial charge in [0.1, 0.15) is 11.4 Å². The fraction of sp³-hybridized carbons (Fsp3) is 0.529. The van der Waals surface area contributed by atoms with Crippen molar-refractivity contribution in [3.63, 3.8) is 0 Å². The molecule has 0 saturated heterocycles. The number of nitrogens with one attached hydrogen (secondary N) is 1. The lowest BCUT2D eigenvalue weighted by atomic mass is 10.1. The van der Waals surface area contributed by atoms with Gasteiger partial charge in [-0.1, -0.05) is 19.8 Å². The van der Waals surface area contributed by atoms with E-state index in [0.29, 0.717) is 13.0 Å². The first-order chi connectivity index (χ1) is 10.7. The fourth-order valence-corrected chi connectivity index (χ4v) is 2.59. The minimum Gasteiger partial charge on any atom is -0.495 e. The van der Waals surface area contributed by atoms with Gasteiger partial charge in [-0.2, -0.15) is 0 Å². The summed E-state index contributed by atoms with van der Waals surface area (Å²) >= 11 is 0. The van der Waals surface area contributed by atoms with E-state index in [0.717, 1.165) is 42.5 Å². The number of amides is 1. The molecule has 1 amide bonds. The number of hydrogen-bond donors (Lipinski definition) is 1. The summed E-state index contributed by atoms with van der Waals surface area (Å²) in [6.45, 7) is 2.79. The third kappa shape index (κ3) is 4.00. The number of fused-ring (bicyclic) bond motifs is 1. The summed E-state index contributed by atoms with van der Waals surface area (Å²) in [5, 5.41) is 4.08. The smallest absolute Gasteiger partial charge is 0.220 e. The Kier molecular flexibility index (Phi) is 5.81. The monoisotopic (exact) mass is 303 g/mol. The second kappa shape index (κ2) is 7.82. The molecule has 0 spiro atoms. The number of methoxy groups -OCH3 is 1. The molecule has 0 atom stereocenters. The zero-order valence-corrected chi connectivity index (χ0v) is 13.7. The molecule has 1 N–H and O–H groups in total. The van der Waals surface area contributed by atoms with E-state index in [1.165, 1.54) is 5.56 Å². The predicted octanol–water partition coefficient (Wildman–Crippen LogP) is 2.82. The largest absolute Gasteiger partial charge is 0.495 e. The van der Waals surface area contributed by atoms with Gasteiger partial charge >= 0.3 is 0 Å². The van der Waals surface area contributed by atoms with Gasteiger partial charge in [0.15, 0.2) is 0 Å². The van der Waals surface area contributed by atoms with E-state index >= 15 is 0 Å². The average Bonchev–Trinajstić information content (AvgIpc) is 2.83. The van der Waals surface area contributed by atoms with Crippen LogP contribution >= 0.6 is 0 Å². The number of hydrogen-bond acceptors (Lipinski definition) is 3. The van der Waals surface area contributed by atoms with Crippen LogP contribution in [0, 0.1) is 0 Å². The third-order valence-electron chi connectivity index (χ3n) is 3.83. The van der Waals surface area contributed by atoms with Gasteiger partial charge in [-0.25, -0.2) is 4.98 Å². The SMILES string of the molecule is CCCCCC(=O)NCCc1cn(C)c2ncc(OC)cc12.